The van der Waals surface area contributed by atoms with Crippen molar-refractivity contribution in [3.63, 3.8) is 0 Å². The van der Waals surface area contributed by atoms with Gasteiger partial charge in [-0.3, -0.25) is 9.59 Å². The van der Waals surface area contributed by atoms with Crippen molar-refractivity contribution in [3.05, 3.63) is 58.5 Å². The number of hydrogen-bond acceptors (Lipinski definition) is 6. The second kappa shape index (κ2) is 12.5. The Bertz CT molecular complexity index is 1120. The van der Waals surface area contributed by atoms with Crippen LogP contribution in [-0.2, 0) is 20.7 Å². The molecule has 1 aromatic carbocycles. The lowest BCUT2D eigenvalue weighted by atomic mass is 9.86. The summed E-state index contributed by atoms with van der Waals surface area (Å²) in [6.45, 7) is 7.16. The highest BCUT2D eigenvalue weighted by Gasteiger charge is 2.52. The van der Waals surface area contributed by atoms with Gasteiger partial charge in [0.2, 0.25) is 0 Å². The molecule has 36 heavy (non-hydrogen) atoms. The van der Waals surface area contributed by atoms with E-state index < -0.39 is 29.5 Å². The minimum atomic E-state index is -0.874. The molecule has 196 valence electrons. The lowest BCUT2D eigenvalue weighted by molar-refractivity contribution is -0.147. The van der Waals surface area contributed by atoms with Gasteiger partial charge in [0.1, 0.15) is 5.78 Å². The molecule has 0 radical (unpaired) electrons. The molecule has 1 aliphatic rings. The minimum absolute atomic E-state index is 0.0216. The molecule has 1 heterocycles. The van der Waals surface area contributed by atoms with Crippen molar-refractivity contribution in [1.29, 1.82) is 0 Å². The van der Waals surface area contributed by atoms with E-state index in [0.29, 0.717) is 32.1 Å². The summed E-state index contributed by atoms with van der Waals surface area (Å²) in [5, 5.41) is 23.3. The van der Waals surface area contributed by atoms with Crippen LogP contribution in [0.3, 0.4) is 0 Å². The standard InChI is InChI=1S/C29H37ClO5S/c1-18(2)35-25(32)13-7-5-6-10-20-21(28(34)29(3,4)27(20)33)16-14-19(31)15-17-24-26(30)22-11-8-9-12-23(22)36-24/h6,8-12,14,16,18-21,28,31,34H,5,7,13,15,17H2,1-4H3/b10-6+,16-14+/t19-,20+,21+,28-/m0/s1. The summed E-state index contributed by atoms with van der Waals surface area (Å²) in [7, 11) is 0. The molecule has 0 spiro atoms. The Kier molecular flexibility index (Phi) is 9.93. The molecule has 5 nitrogen and oxygen atoms in total. The SMILES string of the molecule is CC(C)OC(=O)CCC/C=C/[C@H]1C(=O)C(C)(C)[C@@H](O)[C@@H]1/C=C/[C@H](O)CCc1sc2ccccc2c1Cl. The number of ether oxygens (including phenoxy) is 1. The van der Waals surface area contributed by atoms with Gasteiger partial charge in [0, 0.05) is 33.2 Å². The Morgan fingerprint density at radius 2 is 1.97 bits per heavy atom. The number of benzene rings is 1. The van der Waals surface area contributed by atoms with Gasteiger partial charge >= 0.3 is 5.97 Å². The molecule has 0 bridgehead atoms. The summed E-state index contributed by atoms with van der Waals surface area (Å²) >= 11 is 8.16. The third-order valence-corrected chi connectivity index (χ3v) is 8.52. The third-order valence-electron chi connectivity index (χ3n) is 6.74. The van der Waals surface area contributed by atoms with Crippen LogP contribution >= 0.6 is 22.9 Å². The maximum Gasteiger partial charge on any atom is 0.306 e. The zero-order valence-electron chi connectivity index (χ0n) is 21.4. The molecule has 2 aromatic rings. The van der Waals surface area contributed by atoms with Crippen molar-refractivity contribution in [2.75, 3.05) is 0 Å². The summed E-state index contributed by atoms with van der Waals surface area (Å²) in [6.07, 6.45) is 8.27. The highest BCUT2D eigenvalue weighted by atomic mass is 35.5. The molecule has 1 fully saturated rings. The van der Waals surface area contributed by atoms with Crippen molar-refractivity contribution in [2.45, 2.75) is 78.1 Å². The van der Waals surface area contributed by atoms with Crippen LogP contribution in [0.2, 0.25) is 5.02 Å². The predicted molar refractivity (Wildman–Crippen MR) is 146 cm³/mol. The Morgan fingerprint density at radius 1 is 1.25 bits per heavy atom. The fraction of sp³-hybridized carbons (Fsp3) is 0.517. The molecule has 0 amide bonds. The molecule has 3 rings (SSSR count). The van der Waals surface area contributed by atoms with E-state index in [9.17, 15) is 19.8 Å². The van der Waals surface area contributed by atoms with Crippen LogP contribution < -0.4 is 0 Å². The number of unbranched alkanes of at least 4 members (excludes halogenated alkanes) is 1. The molecule has 7 heteroatoms. The number of halogens is 1. The summed E-state index contributed by atoms with van der Waals surface area (Å²) < 4.78 is 6.27. The van der Waals surface area contributed by atoms with E-state index in [4.69, 9.17) is 16.3 Å². The number of ketones is 1. The summed E-state index contributed by atoms with van der Waals surface area (Å²) in [5.41, 5.74) is -0.874. The highest BCUT2D eigenvalue weighted by Crippen LogP contribution is 2.44. The van der Waals surface area contributed by atoms with Crippen molar-refractivity contribution in [2.24, 2.45) is 17.3 Å². The highest BCUT2D eigenvalue weighted by molar-refractivity contribution is 7.19. The van der Waals surface area contributed by atoms with E-state index in [1.807, 2.05) is 50.3 Å². The van der Waals surface area contributed by atoms with Gasteiger partial charge < -0.3 is 14.9 Å². The summed E-state index contributed by atoms with van der Waals surface area (Å²) in [6, 6.07) is 7.98. The quantitative estimate of drug-likeness (QED) is 0.202. The number of carbonyl (C=O) groups is 2. The van der Waals surface area contributed by atoms with Crippen molar-refractivity contribution in [1.82, 2.24) is 0 Å². The molecule has 2 N–H and O–H groups in total. The number of esters is 1. The number of allylic oxidation sites excluding steroid dienone is 2. The van der Waals surface area contributed by atoms with Gasteiger partial charge in [-0.2, -0.15) is 0 Å². The van der Waals surface area contributed by atoms with Gasteiger partial charge in [-0.15, -0.1) is 11.3 Å². The second-order valence-electron chi connectivity index (χ2n) is 10.3. The molecular weight excluding hydrogens is 496 g/mol. The first-order chi connectivity index (χ1) is 17.0. The Balaban J connectivity index is 1.59. The lowest BCUT2D eigenvalue weighted by Crippen LogP contribution is -2.31. The monoisotopic (exact) mass is 532 g/mol. The average Bonchev–Trinajstić information content (AvgIpc) is 3.22. The Morgan fingerprint density at radius 3 is 2.67 bits per heavy atom. The minimum Gasteiger partial charge on any atom is -0.463 e. The van der Waals surface area contributed by atoms with Gasteiger partial charge in [-0.1, -0.05) is 68.0 Å². The zero-order chi connectivity index (χ0) is 26.5. The maximum atomic E-state index is 13.0. The van der Waals surface area contributed by atoms with E-state index >= 15 is 0 Å². The fourth-order valence-corrected chi connectivity index (χ4v) is 6.20. The van der Waals surface area contributed by atoms with Gasteiger partial charge in [0.15, 0.2) is 0 Å². The lowest BCUT2D eigenvalue weighted by Gasteiger charge is -2.22. The number of hydrogen-bond donors (Lipinski definition) is 2. The number of aliphatic hydroxyl groups excluding tert-OH is 2. The molecule has 0 saturated heterocycles. The number of rotatable bonds is 11. The molecule has 0 unspecified atom stereocenters. The number of thiophene rings is 1. The number of aliphatic hydroxyl groups is 2. The molecule has 4 atom stereocenters. The van der Waals surface area contributed by atoms with Crippen molar-refractivity contribution < 1.29 is 24.5 Å². The van der Waals surface area contributed by atoms with Crippen molar-refractivity contribution >= 4 is 44.8 Å². The summed E-state index contributed by atoms with van der Waals surface area (Å²) in [4.78, 5) is 25.8. The van der Waals surface area contributed by atoms with E-state index in [-0.39, 0.29) is 17.9 Å². The first kappa shape index (κ1) is 28.6. The fourth-order valence-electron chi connectivity index (χ4n) is 4.65. The number of carbonyl (C=O) groups excluding carboxylic acids is 2. The van der Waals surface area contributed by atoms with E-state index in [0.717, 1.165) is 20.0 Å². The smallest absolute Gasteiger partial charge is 0.306 e. The zero-order valence-corrected chi connectivity index (χ0v) is 23.0. The van der Waals surface area contributed by atoms with Crippen LogP contribution in [0.4, 0.5) is 0 Å². The summed E-state index contributed by atoms with van der Waals surface area (Å²) in [5.74, 6) is -1.14. The molecule has 1 aliphatic carbocycles. The van der Waals surface area contributed by atoms with Crippen LogP contribution in [0.1, 0.15) is 58.3 Å². The normalized spacial score (nSPS) is 22.9. The maximum absolute atomic E-state index is 13.0. The molecular formula is C29H37ClO5S. The largest absolute Gasteiger partial charge is 0.463 e. The van der Waals surface area contributed by atoms with Crippen LogP contribution in [-0.4, -0.2) is 40.3 Å². The molecule has 0 aliphatic heterocycles. The second-order valence-corrected chi connectivity index (χ2v) is 11.8. The first-order valence-corrected chi connectivity index (χ1v) is 13.8. The van der Waals surface area contributed by atoms with Crippen LogP contribution in [0.5, 0.6) is 0 Å². The van der Waals surface area contributed by atoms with Gasteiger partial charge in [-0.25, -0.2) is 0 Å². The van der Waals surface area contributed by atoms with E-state index in [2.05, 4.69) is 0 Å². The van der Waals surface area contributed by atoms with Crippen LogP contribution in [0.25, 0.3) is 10.1 Å². The van der Waals surface area contributed by atoms with Gasteiger partial charge in [0.25, 0.3) is 0 Å². The topological polar surface area (TPSA) is 83.8 Å². The first-order valence-electron chi connectivity index (χ1n) is 12.6. The molecule has 1 aromatic heterocycles. The van der Waals surface area contributed by atoms with Gasteiger partial charge in [-0.05, 0) is 45.6 Å². The van der Waals surface area contributed by atoms with E-state index in [1.165, 1.54) is 0 Å². The number of aryl methyl sites for hydroxylation is 1. The predicted octanol–water partition coefficient (Wildman–Crippen LogP) is 6.28. The molecule has 1 saturated carbocycles. The Labute approximate surface area is 222 Å². The number of fused-ring (bicyclic) bond motifs is 1. The van der Waals surface area contributed by atoms with Crippen molar-refractivity contribution in [3.8, 4) is 0 Å². The van der Waals surface area contributed by atoms with Crippen LogP contribution in [0, 0.1) is 17.3 Å². The number of Topliss-reactive ketones (excluding diaryl/α,β-unsaturated/α-hetero) is 1. The van der Waals surface area contributed by atoms with Gasteiger partial charge in [0.05, 0.1) is 28.7 Å². The Hall–Kier alpha value is -1.99. The third kappa shape index (κ3) is 6.86. The van der Waals surface area contributed by atoms with E-state index in [1.54, 1.807) is 37.3 Å². The van der Waals surface area contributed by atoms with Crippen LogP contribution in [0.15, 0.2) is 48.6 Å². The average molecular weight is 533 g/mol.